The van der Waals surface area contributed by atoms with Crippen LogP contribution in [-0.2, 0) is 6.54 Å². The van der Waals surface area contributed by atoms with Crippen LogP contribution in [0.3, 0.4) is 0 Å². The molecule has 0 spiro atoms. The predicted molar refractivity (Wildman–Crippen MR) is 75.3 cm³/mol. The van der Waals surface area contributed by atoms with Gasteiger partial charge in [-0.1, -0.05) is 13.0 Å². The molecule has 1 rings (SSSR count). The van der Waals surface area contributed by atoms with E-state index >= 15 is 0 Å². The molecule has 1 aromatic carbocycles. The zero-order valence-electron chi connectivity index (χ0n) is 11.4. The molecule has 0 amide bonds. The number of ether oxygens (including phenoxy) is 2. The Morgan fingerprint density at radius 2 is 2.22 bits per heavy atom. The summed E-state index contributed by atoms with van der Waals surface area (Å²) in [6, 6.07) is 5.92. The zero-order chi connectivity index (χ0) is 13.2. The van der Waals surface area contributed by atoms with Crippen LogP contribution < -0.4 is 14.8 Å². The maximum Gasteiger partial charge on any atom is 0.124 e. The van der Waals surface area contributed by atoms with Crippen LogP contribution in [0.1, 0.15) is 25.3 Å². The van der Waals surface area contributed by atoms with Crippen molar-refractivity contribution in [1.29, 1.82) is 0 Å². The highest BCUT2D eigenvalue weighted by molar-refractivity contribution is 5.40. The molecule has 18 heavy (non-hydrogen) atoms. The van der Waals surface area contributed by atoms with Crippen molar-refractivity contribution < 1.29 is 9.47 Å². The molecule has 0 saturated heterocycles. The minimum Gasteiger partial charge on any atom is -0.497 e. The Kier molecular flexibility index (Phi) is 6.96. The van der Waals surface area contributed by atoms with E-state index in [1.807, 2.05) is 24.3 Å². The van der Waals surface area contributed by atoms with Gasteiger partial charge >= 0.3 is 0 Å². The molecular weight excluding hydrogens is 226 g/mol. The van der Waals surface area contributed by atoms with Gasteiger partial charge in [-0.15, -0.1) is 6.58 Å². The second-order valence-corrected chi connectivity index (χ2v) is 4.03. The van der Waals surface area contributed by atoms with Crippen molar-refractivity contribution in [3.05, 3.63) is 36.4 Å². The summed E-state index contributed by atoms with van der Waals surface area (Å²) in [6.45, 7) is 8.25. The number of hydrogen-bond donors (Lipinski definition) is 1. The Morgan fingerprint density at radius 1 is 1.39 bits per heavy atom. The summed E-state index contributed by atoms with van der Waals surface area (Å²) in [6.07, 6.45) is 3.89. The third-order valence-corrected chi connectivity index (χ3v) is 2.64. The molecule has 0 aliphatic carbocycles. The Morgan fingerprint density at radius 3 is 2.89 bits per heavy atom. The van der Waals surface area contributed by atoms with Gasteiger partial charge in [-0.3, -0.25) is 0 Å². The van der Waals surface area contributed by atoms with Crippen LogP contribution in [0, 0.1) is 0 Å². The molecule has 3 heteroatoms. The molecule has 0 bridgehead atoms. The number of benzene rings is 1. The van der Waals surface area contributed by atoms with E-state index in [4.69, 9.17) is 9.47 Å². The SMILES string of the molecule is C=CCCCOc1ccc(OC)cc1CNCC. The standard InChI is InChI=1S/C15H23NO2/c1-4-6-7-10-18-15-9-8-14(17-3)11-13(15)12-16-5-2/h4,8-9,11,16H,1,5-7,10,12H2,2-3H3. The van der Waals surface area contributed by atoms with E-state index in [9.17, 15) is 0 Å². The Bertz CT molecular complexity index is 364. The highest BCUT2D eigenvalue weighted by Crippen LogP contribution is 2.24. The van der Waals surface area contributed by atoms with Gasteiger partial charge in [0, 0.05) is 12.1 Å². The normalized spacial score (nSPS) is 10.1. The quantitative estimate of drug-likeness (QED) is 0.538. The first-order chi connectivity index (χ1) is 8.81. The molecule has 3 nitrogen and oxygen atoms in total. The van der Waals surface area contributed by atoms with E-state index in [0.29, 0.717) is 0 Å². The van der Waals surface area contributed by atoms with Crippen LogP contribution in [0.15, 0.2) is 30.9 Å². The summed E-state index contributed by atoms with van der Waals surface area (Å²) in [5.41, 5.74) is 1.13. The van der Waals surface area contributed by atoms with E-state index < -0.39 is 0 Å². The van der Waals surface area contributed by atoms with Gasteiger partial charge in [-0.2, -0.15) is 0 Å². The summed E-state index contributed by atoms with van der Waals surface area (Å²) in [5.74, 6) is 1.79. The average Bonchev–Trinajstić information content (AvgIpc) is 2.42. The molecule has 0 unspecified atom stereocenters. The summed E-state index contributed by atoms with van der Waals surface area (Å²) < 4.78 is 11.0. The fourth-order valence-electron chi connectivity index (χ4n) is 1.63. The molecule has 100 valence electrons. The van der Waals surface area contributed by atoms with Gasteiger partial charge < -0.3 is 14.8 Å². The average molecular weight is 249 g/mol. The summed E-state index contributed by atoms with van der Waals surface area (Å²) in [7, 11) is 1.68. The van der Waals surface area contributed by atoms with Crippen molar-refractivity contribution in [1.82, 2.24) is 5.32 Å². The van der Waals surface area contributed by atoms with Gasteiger partial charge in [0.1, 0.15) is 11.5 Å². The first-order valence-electron chi connectivity index (χ1n) is 6.43. The van der Waals surface area contributed by atoms with Gasteiger partial charge in [-0.25, -0.2) is 0 Å². The Balaban J connectivity index is 2.65. The Hall–Kier alpha value is -1.48. The highest BCUT2D eigenvalue weighted by atomic mass is 16.5. The van der Waals surface area contributed by atoms with Gasteiger partial charge in [0.05, 0.1) is 13.7 Å². The smallest absolute Gasteiger partial charge is 0.124 e. The number of nitrogens with one attached hydrogen (secondary N) is 1. The zero-order valence-corrected chi connectivity index (χ0v) is 11.4. The maximum atomic E-state index is 5.79. The third kappa shape index (κ3) is 4.80. The van der Waals surface area contributed by atoms with Gasteiger partial charge in [0.25, 0.3) is 0 Å². The maximum absolute atomic E-state index is 5.79. The molecule has 0 fully saturated rings. The van der Waals surface area contributed by atoms with Crippen LogP contribution in [-0.4, -0.2) is 20.3 Å². The fourth-order valence-corrected chi connectivity index (χ4v) is 1.63. The van der Waals surface area contributed by atoms with Crippen molar-refractivity contribution >= 4 is 0 Å². The predicted octanol–water partition coefficient (Wildman–Crippen LogP) is 3.15. The second-order valence-electron chi connectivity index (χ2n) is 4.03. The largest absolute Gasteiger partial charge is 0.497 e. The molecule has 0 radical (unpaired) electrons. The lowest BCUT2D eigenvalue weighted by Gasteiger charge is -2.13. The molecule has 0 aliphatic heterocycles. The van der Waals surface area contributed by atoms with Gasteiger partial charge in [0.15, 0.2) is 0 Å². The van der Waals surface area contributed by atoms with Crippen molar-refractivity contribution in [2.75, 3.05) is 20.3 Å². The molecule has 0 atom stereocenters. The van der Waals surface area contributed by atoms with E-state index in [1.165, 1.54) is 0 Å². The number of unbranched alkanes of at least 4 members (excludes halogenated alkanes) is 1. The molecule has 1 aromatic rings. The lowest BCUT2D eigenvalue weighted by molar-refractivity contribution is 0.307. The molecule has 0 aliphatic rings. The number of rotatable bonds is 9. The van der Waals surface area contributed by atoms with Crippen molar-refractivity contribution in [3.8, 4) is 11.5 Å². The van der Waals surface area contributed by atoms with Crippen LogP contribution in [0.2, 0.25) is 0 Å². The van der Waals surface area contributed by atoms with Gasteiger partial charge in [0.2, 0.25) is 0 Å². The van der Waals surface area contributed by atoms with Crippen molar-refractivity contribution in [2.45, 2.75) is 26.3 Å². The first-order valence-corrected chi connectivity index (χ1v) is 6.43. The second kappa shape index (κ2) is 8.59. The third-order valence-electron chi connectivity index (χ3n) is 2.64. The molecule has 0 saturated carbocycles. The van der Waals surface area contributed by atoms with Crippen molar-refractivity contribution in [3.63, 3.8) is 0 Å². The summed E-state index contributed by atoms with van der Waals surface area (Å²) in [4.78, 5) is 0. The first kappa shape index (κ1) is 14.6. The molecular formula is C15H23NO2. The minimum atomic E-state index is 0.720. The van der Waals surface area contributed by atoms with Crippen LogP contribution >= 0.6 is 0 Å². The van der Waals surface area contributed by atoms with Gasteiger partial charge in [-0.05, 0) is 37.6 Å². The topological polar surface area (TPSA) is 30.5 Å². The Labute approximate surface area is 110 Å². The molecule has 0 aromatic heterocycles. The van der Waals surface area contributed by atoms with E-state index in [2.05, 4.69) is 18.8 Å². The molecule has 0 heterocycles. The number of allylic oxidation sites excluding steroid dienone is 1. The highest BCUT2D eigenvalue weighted by Gasteiger charge is 2.05. The van der Waals surface area contributed by atoms with Crippen LogP contribution in [0.4, 0.5) is 0 Å². The lowest BCUT2D eigenvalue weighted by atomic mass is 10.2. The fraction of sp³-hybridized carbons (Fsp3) is 0.467. The van der Waals surface area contributed by atoms with E-state index in [0.717, 1.165) is 49.6 Å². The van der Waals surface area contributed by atoms with Crippen LogP contribution in [0.5, 0.6) is 11.5 Å². The monoisotopic (exact) mass is 249 g/mol. The number of hydrogen-bond acceptors (Lipinski definition) is 3. The van der Waals surface area contributed by atoms with Crippen molar-refractivity contribution in [2.24, 2.45) is 0 Å². The minimum absolute atomic E-state index is 0.720. The molecule has 1 N–H and O–H groups in total. The van der Waals surface area contributed by atoms with E-state index in [1.54, 1.807) is 7.11 Å². The summed E-state index contributed by atoms with van der Waals surface area (Å²) in [5, 5.41) is 3.31. The number of methoxy groups -OCH3 is 1. The lowest BCUT2D eigenvalue weighted by Crippen LogP contribution is -2.13. The van der Waals surface area contributed by atoms with E-state index in [-0.39, 0.29) is 0 Å². The van der Waals surface area contributed by atoms with Crippen LogP contribution in [0.25, 0.3) is 0 Å². The summed E-state index contributed by atoms with van der Waals surface area (Å²) >= 11 is 0.